The number of rotatable bonds is 4. The lowest BCUT2D eigenvalue weighted by Crippen LogP contribution is -2.13. The maximum Gasteiger partial charge on any atom is 0.255 e. The molecule has 0 fully saturated rings. The number of aromatic nitrogens is 1. The van der Waals surface area contributed by atoms with Crippen molar-refractivity contribution in [1.82, 2.24) is 4.98 Å². The van der Waals surface area contributed by atoms with E-state index in [9.17, 15) is 4.79 Å². The fraction of sp³-hybridized carbons (Fsp3) is 0.176. The van der Waals surface area contributed by atoms with E-state index in [1.165, 1.54) is 0 Å². The Morgan fingerprint density at radius 3 is 2.86 bits per heavy atom. The van der Waals surface area contributed by atoms with Crippen LogP contribution >= 0.6 is 23.1 Å². The number of nitrogens with zero attached hydrogens (tertiary/aromatic N) is 1. The zero-order valence-electron chi connectivity index (χ0n) is 12.4. The summed E-state index contributed by atoms with van der Waals surface area (Å²) >= 11 is 3.40. The molecule has 0 unspecified atom stereocenters. The number of anilines is 1. The van der Waals surface area contributed by atoms with Crippen molar-refractivity contribution in [3.63, 3.8) is 0 Å². The van der Waals surface area contributed by atoms with Gasteiger partial charge in [-0.25, -0.2) is 4.98 Å². The first-order valence-electron chi connectivity index (χ1n) is 7.07. The van der Waals surface area contributed by atoms with Gasteiger partial charge in [0.2, 0.25) is 0 Å². The van der Waals surface area contributed by atoms with Crippen molar-refractivity contribution >= 4 is 44.9 Å². The van der Waals surface area contributed by atoms with Gasteiger partial charge in [-0.15, -0.1) is 11.3 Å². The highest BCUT2D eigenvalue weighted by atomic mass is 32.2. The van der Waals surface area contributed by atoms with E-state index in [0.29, 0.717) is 5.56 Å². The highest BCUT2D eigenvalue weighted by Crippen LogP contribution is 2.31. The van der Waals surface area contributed by atoms with Crippen LogP contribution in [0, 0.1) is 6.92 Å². The third-order valence-corrected chi connectivity index (χ3v) is 5.33. The molecular weight excluding hydrogens is 312 g/mol. The van der Waals surface area contributed by atoms with E-state index < -0.39 is 0 Å². The molecule has 1 heterocycles. The molecule has 5 heteroatoms. The van der Waals surface area contributed by atoms with Crippen LogP contribution in [0.25, 0.3) is 10.2 Å². The molecule has 0 atom stereocenters. The Bertz CT molecular complexity index is 826. The van der Waals surface area contributed by atoms with Crippen LogP contribution in [0.4, 0.5) is 5.69 Å². The number of thiazole rings is 1. The quantitative estimate of drug-likeness (QED) is 0.688. The van der Waals surface area contributed by atoms with Crippen LogP contribution in [0.3, 0.4) is 0 Å². The zero-order valence-corrected chi connectivity index (χ0v) is 14.1. The van der Waals surface area contributed by atoms with Gasteiger partial charge in [-0.05, 0) is 42.5 Å². The summed E-state index contributed by atoms with van der Waals surface area (Å²) in [6, 6.07) is 13.4. The molecule has 0 bridgehead atoms. The van der Waals surface area contributed by atoms with E-state index in [4.69, 9.17) is 0 Å². The number of aryl methyl sites for hydroxylation is 1. The molecule has 22 heavy (non-hydrogen) atoms. The first-order valence-corrected chi connectivity index (χ1v) is 8.88. The maximum absolute atomic E-state index is 12.4. The first-order chi connectivity index (χ1) is 10.7. The summed E-state index contributed by atoms with van der Waals surface area (Å²) in [6.45, 7) is 4.06. The minimum atomic E-state index is -0.0786. The predicted octanol–water partition coefficient (Wildman–Crippen LogP) is 4.97. The normalized spacial score (nSPS) is 10.8. The first kappa shape index (κ1) is 15.1. The van der Waals surface area contributed by atoms with Gasteiger partial charge in [0.15, 0.2) is 4.34 Å². The van der Waals surface area contributed by atoms with E-state index in [2.05, 4.69) is 17.2 Å². The molecule has 1 amide bonds. The molecule has 0 saturated carbocycles. The average molecular weight is 328 g/mol. The monoisotopic (exact) mass is 328 g/mol. The summed E-state index contributed by atoms with van der Waals surface area (Å²) in [6.07, 6.45) is 0. The number of fused-ring (bicyclic) bond motifs is 1. The summed E-state index contributed by atoms with van der Waals surface area (Å²) in [5.41, 5.74) is 3.46. The van der Waals surface area contributed by atoms with E-state index in [1.54, 1.807) is 23.1 Å². The smallest absolute Gasteiger partial charge is 0.255 e. The lowest BCUT2D eigenvalue weighted by atomic mass is 10.1. The molecule has 3 rings (SSSR count). The maximum atomic E-state index is 12.4. The Hall–Kier alpha value is -1.85. The molecule has 0 aliphatic rings. The minimum Gasteiger partial charge on any atom is -0.322 e. The second kappa shape index (κ2) is 6.50. The second-order valence-corrected chi connectivity index (χ2v) is 7.41. The van der Waals surface area contributed by atoms with Crippen LogP contribution in [-0.2, 0) is 0 Å². The molecular formula is C17H16N2OS2. The second-order valence-electron chi connectivity index (χ2n) is 4.86. The number of hydrogen-bond acceptors (Lipinski definition) is 4. The van der Waals surface area contributed by atoms with E-state index >= 15 is 0 Å². The predicted molar refractivity (Wildman–Crippen MR) is 95.2 cm³/mol. The number of benzene rings is 2. The molecule has 0 spiro atoms. The minimum absolute atomic E-state index is 0.0786. The van der Waals surface area contributed by atoms with Crippen molar-refractivity contribution in [3.05, 3.63) is 53.6 Å². The van der Waals surface area contributed by atoms with E-state index in [1.807, 2.05) is 49.4 Å². The van der Waals surface area contributed by atoms with Crippen molar-refractivity contribution in [2.45, 2.75) is 18.2 Å². The summed E-state index contributed by atoms with van der Waals surface area (Å²) in [5, 5.41) is 2.97. The highest BCUT2D eigenvalue weighted by Gasteiger charge is 2.10. The van der Waals surface area contributed by atoms with Crippen molar-refractivity contribution in [3.8, 4) is 0 Å². The number of nitrogens with one attached hydrogen (secondary N) is 1. The van der Waals surface area contributed by atoms with Gasteiger partial charge in [0.05, 0.1) is 10.2 Å². The number of carbonyl (C=O) groups is 1. The standard InChI is InChI=1S/C17H16N2OS2/c1-3-21-17-19-14-9-8-12(10-15(14)22-17)18-16(20)13-7-5-4-6-11(13)2/h4-10H,3H2,1-2H3,(H,18,20). The molecule has 0 aliphatic heterocycles. The van der Waals surface area contributed by atoms with Crippen molar-refractivity contribution < 1.29 is 4.79 Å². The zero-order chi connectivity index (χ0) is 15.5. The lowest BCUT2D eigenvalue weighted by Gasteiger charge is -2.07. The molecule has 0 saturated heterocycles. The summed E-state index contributed by atoms with van der Waals surface area (Å²) in [5.74, 6) is 0.932. The van der Waals surface area contributed by atoms with Crippen molar-refractivity contribution in [1.29, 1.82) is 0 Å². The fourth-order valence-corrected chi connectivity index (χ4v) is 4.20. The Morgan fingerprint density at radius 1 is 1.27 bits per heavy atom. The third kappa shape index (κ3) is 3.15. The molecule has 3 aromatic rings. The fourth-order valence-electron chi connectivity index (χ4n) is 2.19. The van der Waals surface area contributed by atoms with Crippen LogP contribution < -0.4 is 5.32 Å². The summed E-state index contributed by atoms with van der Waals surface area (Å²) < 4.78 is 2.17. The molecule has 0 aliphatic carbocycles. The molecule has 2 aromatic carbocycles. The van der Waals surface area contributed by atoms with Gasteiger partial charge >= 0.3 is 0 Å². The van der Waals surface area contributed by atoms with Crippen LogP contribution in [0.2, 0.25) is 0 Å². The Morgan fingerprint density at radius 2 is 2.09 bits per heavy atom. The number of carbonyl (C=O) groups excluding carboxylic acids is 1. The lowest BCUT2D eigenvalue weighted by molar-refractivity contribution is 0.102. The van der Waals surface area contributed by atoms with Crippen LogP contribution in [-0.4, -0.2) is 16.6 Å². The van der Waals surface area contributed by atoms with Gasteiger partial charge in [-0.2, -0.15) is 0 Å². The number of amides is 1. The summed E-state index contributed by atoms with van der Waals surface area (Å²) in [7, 11) is 0. The van der Waals surface area contributed by atoms with Gasteiger partial charge < -0.3 is 5.32 Å². The van der Waals surface area contributed by atoms with Gasteiger partial charge in [-0.3, -0.25) is 4.79 Å². The van der Waals surface area contributed by atoms with Crippen LogP contribution in [0.15, 0.2) is 46.8 Å². The number of hydrogen-bond donors (Lipinski definition) is 1. The van der Waals surface area contributed by atoms with Gasteiger partial charge in [0.25, 0.3) is 5.91 Å². The van der Waals surface area contributed by atoms with Crippen LogP contribution in [0.1, 0.15) is 22.8 Å². The SMILES string of the molecule is CCSc1nc2ccc(NC(=O)c3ccccc3C)cc2s1. The van der Waals surface area contributed by atoms with Crippen molar-refractivity contribution in [2.24, 2.45) is 0 Å². The molecule has 1 aromatic heterocycles. The molecule has 112 valence electrons. The van der Waals surface area contributed by atoms with Gasteiger partial charge in [-0.1, -0.05) is 36.9 Å². The Kier molecular flexibility index (Phi) is 4.45. The topological polar surface area (TPSA) is 42.0 Å². The third-order valence-electron chi connectivity index (χ3n) is 3.28. The largest absolute Gasteiger partial charge is 0.322 e. The Labute approximate surface area is 137 Å². The highest BCUT2D eigenvalue weighted by molar-refractivity contribution is 8.01. The van der Waals surface area contributed by atoms with Crippen molar-refractivity contribution in [2.75, 3.05) is 11.1 Å². The van der Waals surface area contributed by atoms with Gasteiger partial charge in [0.1, 0.15) is 0 Å². The van der Waals surface area contributed by atoms with E-state index in [0.717, 1.165) is 31.6 Å². The van der Waals surface area contributed by atoms with Gasteiger partial charge in [0, 0.05) is 11.3 Å². The Balaban J connectivity index is 1.84. The summed E-state index contributed by atoms with van der Waals surface area (Å²) in [4.78, 5) is 16.9. The van der Waals surface area contributed by atoms with E-state index in [-0.39, 0.29) is 5.91 Å². The average Bonchev–Trinajstić information content (AvgIpc) is 2.89. The number of thioether (sulfide) groups is 1. The molecule has 3 nitrogen and oxygen atoms in total. The van der Waals surface area contributed by atoms with Crippen LogP contribution in [0.5, 0.6) is 0 Å². The molecule has 1 N–H and O–H groups in total. The molecule has 0 radical (unpaired) electrons.